The van der Waals surface area contributed by atoms with Gasteiger partial charge in [0.2, 0.25) is 0 Å². The van der Waals surface area contributed by atoms with Crippen LogP contribution < -0.4 is 10.6 Å². The zero-order valence-corrected chi connectivity index (χ0v) is 15.5. The van der Waals surface area contributed by atoms with Crippen LogP contribution in [0.25, 0.3) is 0 Å². The van der Waals surface area contributed by atoms with Crippen molar-refractivity contribution in [3.8, 4) is 0 Å². The summed E-state index contributed by atoms with van der Waals surface area (Å²) in [5.74, 6) is 0.847. The third-order valence-corrected chi connectivity index (χ3v) is 5.04. The quantitative estimate of drug-likeness (QED) is 0.793. The zero-order chi connectivity index (χ0) is 17.8. The van der Waals surface area contributed by atoms with Gasteiger partial charge >= 0.3 is 0 Å². The second-order valence-electron chi connectivity index (χ2n) is 6.22. The van der Waals surface area contributed by atoms with Crippen molar-refractivity contribution in [2.75, 3.05) is 5.32 Å². The summed E-state index contributed by atoms with van der Waals surface area (Å²) in [4.78, 5) is 21.1. The molecule has 1 saturated carbocycles. The number of halogens is 2. The van der Waals surface area contributed by atoms with Crippen LogP contribution in [0.5, 0.6) is 0 Å². The molecule has 0 radical (unpaired) electrons. The van der Waals surface area contributed by atoms with Gasteiger partial charge in [-0.25, -0.2) is 9.97 Å². The van der Waals surface area contributed by atoms with Gasteiger partial charge in [0.25, 0.3) is 5.91 Å². The van der Waals surface area contributed by atoms with Gasteiger partial charge in [-0.05, 0) is 31.9 Å². The highest BCUT2D eigenvalue weighted by molar-refractivity contribution is 6.43. The maximum atomic E-state index is 12.5. The first kappa shape index (κ1) is 18.0. The third-order valence-electron chi connectivity index (χ3n) is 4.23. The predicted octanol–water partition coefficient (Wildman–Crippen LogP) is 4.90. The Kier molecular flexibility index (Phi) is 5.76. The van der Waals surface area contributed by atoms with Gasteiger partial charge in [-0.2, -0.15) is 0 Å². The van der Waals surface area contributed by atoms with E-state index >= 15 is 0 Å². The number of aromatic nitrogens is 2. The van der Waals surface area contributed by atoms with Gasteiger partial charge in [-0.15, -0.1) is 0 Å². The molecule has 1 amide bonds. The minimum atomic E-state index is -0.169. The van der Waals surface area contributed by atoms with Crippen LogP contribution in [0.4, 0.5) is 11.5 Å². The summed E-state index contributed by atoms with van der Waals surface area (Å²) < 4.78 is 0. The molecule has 0 bridgehead atoms. The van der Waals surface area contributed by atoms with Gasteiger partial charge in [0.15, 0.2) is 0 Å². The molecule has 25 heavy (non-hydrogen) atoms. The lowest BCUT2D eigenvalue weighted by Crippen LogP contribution is -2.36. The molecule has 0 spiro atoms. The van der Waals surface area contributed by atoms with Crippen molar-refractivity contribution in [2.45, 2.75) is 45.1 Å². The summed E-state index contributed by atoms with van der Waals surface area (Å²) in [6.45, 7) is 1.75. The van der Waals surface area contributed by atoms with Gasteiger partial charge in [0.05, 0.1) is 15.7 Å². The van der Waals surface area contributed by atoms with Gasteiger partial charge in [0.1, 0.15) is 17.3 Å². The van der Waals surface area contributed by atoms with Crippen LogP contribution in [0.15, 0.2) is 24.3 Å². The third kappa shape index (κ3) is 4.61. The Labute approximate surface area is 157 Å². The number of anilines is 2. The standard InChI is InChI=1S/C18H20Cl2N4O/c1-11-21-15(18(25)23-12-6-3-2-4-7-12)10-16(22-11)24-14-9-5-8-13(19)17(14)20/h5,8-10,12H,2-4,6-7H2,1H3,(H,23,25)(H,21,22,24). The molecule has 2 N–H and O–H groups in total. The summed E-state index contributed by atoms with van der Waals surface area (Å²) in [7, 11) is 0. The van der Waals surface area contributed by atoms with Crippen LogP contribution in [0.2, 0.25) is 10.0 Å². The first-order valence-corrected chi connectivity index (χ1v) is 9.16. The van der Waals surface area contributed by atoms with Gasteiger partial charge in [-0.3, -0.25) is 4.79 Å². The number of hydrogen-bond donors (Lipinski definition) is 2. The minimum Gasteiger partial charge on any atom is -0.348 e. The average molecular weight is 379 g/mol. The van der Waals surface area contributed by atoms with E-state index in [4.69, 9.17) is 23.2 Å². The molecule has 0 aliphatic heterocycles. The summed E-state index contributed by atoms with van der Waals surface area (Å²) in [5, 5.41) is 7.04. The number of amides is 1. The predicted molar refractivity (Wildman–Crippen MR) is 101 cm³/mol. The number of nitrogens with one attached hydrogen (secondary N) is 2. The van der Waals surface area contributed by atoms with E-state index in [0.717, 1.165) is 25.7 Å². The molecule has 1 aromatic heterocycles. The largest absolute Gasteiger partial charge is 0.348 e. The molecule has 5 nitrogen and oxygen atoms in total. The maximum absolute atomic E-state index is 12.5. The average Bonchev–Trinajstić information content (AvgIpc) is 2.59. The number of nitrogens with zero attached hydrogens (tertiary/aromatic N) is 2. The fourth-order valence-corrected chi connectivity index (χ4v) is 3.34. The molecular weight excluding hydrogens is 359 g/mol. The van der Waals surface area contributed by atoms with Crippen molar-refractivity contribution >= 4 is 40.6 Å². The Hall–Kier alpha value is -1.85. The molecule has 0 saturated heterocycles. The number of carbonyl (C=O) groups is 1. The Morgan fingerprint density at radius 3 is 2.68 bits per heavy atom. The van der Waals surface area contributed by atoms with Gasteiger partial charge in [0, 0.05) is 12.1 Å². The minimum absolute atomic E-state index is 0.169. The number of hydrogen-bond acceptors (Lipinski definition) is 4. The lowest BCUT2D eigenvalue weighted by molar-refractivity contribution is 0.0922. The maximum Gasteiger partial charge on any atom is 0.270 e. The van der Waals surface area contributed by atoms with E-state index in [1.807, 2.05) is 0 Å². The molecule has 1 fully saturated rings. The topological polar surface area (TPSA) is 66.9 Å². The number of aryl methyl sites for hydroxylation is 1. The van der Waals surface area contributed by atoms with E-state index in [2.05, 4.69) is 20.6 Å². The number of carbonyl (C=O) groups excluding carboxylic acids is 1. The van der Waals surface area contributed by atoms with Crippen LogP contribution in [-0.2, 0) is 0 Å². The van der Waals surface area contributed by atoms with Gasteiger partial charge in [-0.1, -0.05) is 48.5 Å². The second kappa shape index (κ2) is 8.02. The highest BCUT2D eigenvalue weighted by Crippen LogP contribution is 2.31. The van der Waals surface area contributed by atoms with Crippen LogP contribution >= 0.6 is 23.2 Å². The van der Waals surface area contributed by atoms with Crippen molar-refractivity contribution in [1.82, 2.24) is 15.3 Å². The SMILES string of the molecule is Cc1nc(Nc2cccc(Cl)c2Cl)cc(C(=O)NC2CCCCC2)n1. The molecule has 0 atom stereocenters. The second-order valence-corrected chi connectivity index (χ2v) is 7.01. The normalized spacial score (nSPS) is 15.0. The van der Waals surface area contributed by atoms with E-state index in [-0.39, 0.29) is 11.9 Å². The Balaban J connectivity index is 1.77. The zero-order valence-electron chi connectivity index (χ0n) is 14.0. The van der Waals surface area contributed by atoms with Gasteiger partial charge < -0.3 is 10.6 Å². The molecule has 1 aromatic carbocycles. The molecule has 3 rings (SSSR count). The Bertz CT molecular complexity index is 776. The summed E-state index contributed by atoms with van der Waals surface area (Å²) >= 11 is 12.2. The molecule has 1 aliphatic carbocycles. The van der Waals surface area contributed by atoms with E-state index in [9.17, 15) is 4.79 Å². The Morgan fingerprint density at radius 1 is 1.16 bits per heavy atom. The molecule has 2 aromatic rings. The van der Waals surface area contributed by atoms with E-state index in [1.165, 1.54) is 6.42 Å². The number of rotatable bonds is 4. The molecule has 132 valence electrons. The van der Waals surface area contributed by atoms with E-state index < -0.39 is 0 Å². The smallest absolute Gasteiger partial charge is 0.270 e. The van der Waals surface area contributed by atoms with Crippen LogP contribution in [0, 0.1) is 6.92 Å². The molecule has 1 heterocycles. The van der Waals surface area contributed by atoms with Crippen molar-refractivity contribution in [3.63, 3.8) is 0 Å². The fraction of sp³-hybridized carbons (Fsp3) is 0.389. The highest BCUT2D eigenvalue weighted by Gasteiger charge is 2.18. The lowest BCUT2D eigenvalue weighted by atomic mass is 9.95. The fourth-order valence-electron chi connectivity index (χ4n) is 2.99. The lowest BCUT2D eigenvalue weighted by Gasteiger charge is -2.22. The van der Waals surface area contributed by atoms with Crippen molar-refractivity contribution in [3.05, 3.63) is 45.8 Å². The van der Waals surface area contributed by atoms with Crippen molar-refractivity contribution in [1.29, 1.82) is 0 Å². The van der Waals surface area contributed by atoms with Crippen molar-refractivity contribution < 1.29 is 4.79 Å². The first-order valence-electron chi connectivity index (χ1n) is 8.40. The van der Waals surface area contributed by atoms with Crippen LogP contribution in [0.1, 0.15) is 48.4 Å². The van der Waals surface area contributed by atoms with Crippen molar-refractivity contribution in [2.24, 2.45) is 0 Å². The molecule has 7 heteroatoms. The van der Waals surface area contributed by atoms with E-state index in [0.29, 0.717) is 33.1 Å². The monoisotopic (exact) mass is 378 g/mol. The summed E-state index contributed by atoms with van der Waals surface area (Å²) in [5.41, 5.74) is 0.977. The first-order chi connectivity index (χ1) is 12.0. The summed E-state index contributed by atoms with van der Waals surface area (Å²) in [6, 6.07) is 7.16. The van der Waals surface area contributed by atoms with E-state index in [1.54, 1.807) is 31.2 Å². The van der Waals surface area contributed by atoms with Crippen LogP contribution in [0.3, 0.4) is 0 Å². The molecular formula is C18H20Cl2N4O. The van der Waals surface area contributed by atoms with Crippen LogP contribution in [-0.4, -0.2) is 21.9 Å². The molecule has 1 aliphatic rings. The summed E-state index contributed by atoms with van der Waals surface area (Å²) in [6.07, 6.45) is 5.62. The highest BCUT2D eigenvalue weighted by atomic mass is 35.5. The Morgan fingerprint density at radius 2 is 1.92 bits per heavy atom. The number of benzene rings is 1. The molecule has 0 unspecified atom stereocenters.